The molecule has 3 atom stereocenters. The van der Waals surface area contributed by atoms with E-state index in [1.54, 1.807) is 16.7 Å². The van der Waals surface area contributed by atoms with Gasteiger partial charge in [0.15, 0.2) is 0 Å². The Morgan fingerprint density at radius 3 is 2.31 bits per heavy atom. The number of carboxylic acid groups (broad SMARTS) is 1. The fraction of sp³-hybridized carbons (Fsp3) is 0.444. The highest BCUT2D eigenvalue weighted by Crippen LogP contribution is 2.44. The summed E-state index contributed by atoms with van der Waals surface area (Å²) in [4.78, 5) is 38.9. The Bertz CT molecular complexity index is 1050. The molecule has 2 N–H and O–H groups in total. The van der Waals surface area contributed by atoms with E-state index in [9.17, 15) is 14.4 Å². The van der Waals surface area contributed by atoms with Crippen LogP contribution in [-0.4, -0.2) is 65.7 Å². The first-order chi connectivity index (χ1) is 16.9. The van der Waals surface area contributed by atoms with Crippen LogP contribution in [0.3, 0.4) is 0 Å². The zero-order chi connectivity index (χ0) is 24.9. The summed E-state index contributed by atoms with van der Waals surface area (Å²) in [6, 6.07) is 15.6. The number of aliphatic carboxylic acids is 1. The molecule has 1 heterocycles. The Balaban J connectivity index is 1.40. The normalized spacial score (nSPS) is 19.7. The maximum atomic E-state index is 13.3. The third-order valence-corrected chi connectivity index (χ3v) is 7.70. The van der Waals surface area contributed by atoms with Crippen molar-refractivity contribution in [2.75, 3.05) is 31.7 Å². The molecule has 2 aliphatic rings. The minimum atomic E-state index is -0.855. The summed E-state index contributed by atoms with van der Waals surface area (Å²) in [5.41, 5.74) is 4.58. The number of nitrogens with zero attached hydrogens (tertiary/aromatic N) is 1. The lowest BCUT2D eigenvalue weighted by Crippen LogP contribution is -2.48. The zero-order valence-electron chi connectivity index (χ0n) is 20.1. The number of ether oxygens (including phenoxy) is 1. The highest BCUT2D eigenvalue weighted by molar-refractivity contribution is 7.98. The highest BCUT2D eigenvalue weighted by Gasteiger charge is 2.37. The van der Waals surface area contributed by atoms with Crippen molar-refractivity contribution in [3.8, 4) is 11.1 Å². The van der Waals surface area contributed by atoms with Gasteiger partial charge in [0.1, 0.15) is 12.6 Å². The van der Waals surface area contributed by atoms with Crippen molar-refractivity contribution in [3.05, 3.63) is 59.7 Å². The monoisotopic (exact) mass is 496 g/mol. The Morgan fingerprint density at radius 2 is 1.71 bits per heavy atom. The van der Waals surface area contributed by atoms with Gasteiger partial charge in [0.25, 0.3) is 0 Å². The molecule has 1 aliphatic heterocycles. The summed E-state index contributed by atoms with van der Waals surface area (Å²) in [6.45, 7) is 3.05. The molecule has 0 saturated carbocycles. The summed E-state index contributed by atoms with van der Waals surface area (Å²) in [7, 11) is 0. The van der Waals surface area contributed by atoms with Crippen LogP contribution in [0.5, 0.6) is 0 Å². The fourth-order valence-electron chi connectivity index (χ4n) is 5.20. The van der Waals surface area contributed by atoms with E-state index in [2.05, 4.69) is 29.6 Å². The quantitative estimate of drug-likeness (QED) is 0.540. The molecule has 8 heteroatoms. The Kier molecular flexibility index (Phi) is 8.00. The second-order valence-electron chi connectivity index (χ2n) is 9.38. The molecule has 186 valence electrons. The molecular weight excluding hydrogens is 464 g/mol. The molecule has 7 nitrogen and oxygen atoms in total. The van der Waals surface area contributed by atoms with E-state index in [4.69, 9.17) is 9.84 Å². The zero-order valence-corrected chi connectivity index (χ0v) is 20.9. The predicted molar refractivity (Wildman–Crippen MR) is 136 cm³/mol. The molecule has 1 saturated heterocycles. The first-order valence-corrected chi connectivity index (χ1v) is 13.4. The van der Waals surface area contributed by atoms with E-state index in [1.165, 1.54) is 0 Å². The largest absolute Gasteiger partial charge is 0.481 e. The molecule has 1 aliphatic carbocycles. The van der Waals surface area contributed by atoms with E-state index in [-0.39, 0.29) is 36.7 Å². The number of likely N-dealkylation sites (tertiary alicyclic amines) is 1. The van der Waals surface area contributed by atoms with Crippen molar-refractivity contribution in [1.29, 1.82) is 0 Å². The van der Waals surface area contributed by atoms with Crippen molar-refractivity contribution < 1.29 is 24.2 Å². The Labute approximate surface area is 210 Å². The number of benzene rings is 2. The van der Waals surface area contributed by atoms with Gasteiger partial charge in [-0.3, -0.25) is 9.59 Å². The molecule has 4 rings (SSSR count). The van der Waals surface area contributed by atoms with Crippen LogP contribution in [0.2, 0.25) is 0 Å². The van der Waals surface area contributed by atoms with Crippen molar-refractivity contribution in [2.24, 2.45) is 11.8 Å². The molecule has 1 fully saturated rings. The smallest absolute Gasteiger partial charge is 0.407 e. The first kappa shape index (κ1) is 25.1. The molecular formula is C27H32N2O5S. The van der Waals surface area contributed by atoms with Crippen molar-refractivity contribution in [1.82, 2.24) is 10.2 Å². The second-order valence-corrected chi connectivity index (χ2v) is 10.4. The Hall–Kier alpha value is -3.00. The predicted octanol–water partition coefficient (Wildman–Crippen LogP) is 4.22. The van der Waals surface area contributed by atoms with E-state index >= 15 is 0 Å². The minimum absolute atomic E-state index is 0.0419. The van der Waals surface area contributed by atoms with Gasteiger partial charge in [-0.05, 0) is 52.5 Å². The lowest BCUT2D eigenvalue weighted by Gasteiger charge is -2.24. The summed E-state index contributed by atoms with van der Waals surface area (Å²) in [5.74, 6) is -0.344. The SMILES string of the molecule is CSCCC(NC(=O)OCC1c2ccccc2-c2ccccc21)C(=O)N1C[C@@H](CC(=O)O)[C@H](C)C1. The minimum Gasteiger partial charge on any atom is -0.481 e. The van der Waals surface area contributed by atoms with Gasteiger partial charge in [-0.2, -0.15) is 11.8 Å². The third-order valence-electron chi connectivity index (χ3n) is 7.06. The number of alkyl carbamates (subject to hydrolysis) is 1. The lowest BCUT2D eigenvalue weighted by molar-refractivity contribution is -0.138. The van der Waals surface area contributed by atoms with Gasteiger partial charge in [0.2, 0.25) is 5.91 Å². The van der Waals surface area contributed by atoms with Crippen LogP contribution in [0.4, 0.5) is 4.79 Å². The van der Waals surface area contributed by atoms with E-state index < -0.39 is 18.1 Å². The van der Waals surface area contributed by atoms with Crippen molar-refractivity contribution in [2.45, 2.75) is 31.7 Å². The van der Waals surface area contributed by atoms with Gasteiger partial charge in [0, 0.05) is 19.0 Å². The molecule has 2 amide bonds. The van der Waals surface area contributed by atoms with Crippen molar-refractivity contribution >= 4 is 29.7 Å². The van der Waals surface area contributed by atoms with Crippen molar-refractivity contribution in [3.63, 3.8) is 0 Å². The van der Waals surface area contributed by atoms with Crippen LogP contribution < -0.4 is 5.32 Å². The summed E-state index contributed by atoms with van der Waals surface area (Å²) < 4.78 is 5.65. The molecule has 2 aromatic rings. The topological polar surface area (TPSA) is 95.9 Å². The number of carbonyl (C=O) groups excluding carboxylic acids is 2. The maximum Gasteiger partial charge on any atom is 0.407 e. The average Bonchev–Trinajstić information content (AvgIpc) is 3.37. The number of carbonyl (C=O) groups is 3. The first-order valence-electron chi connectivity index (χ1n) is 12.0. The number of carboxylic acids is 1. The number of nitrogens with one attached hydrogen (secondary N) is 1. The standard InChI is InChI=1S/C27H32N2O5S/c1-17-14-29(15-18(17)13-25(30)31)26(32)24(11-12-35-2)28-27(33)34-16-23-21-9-5-3-7-19(21)20-8-4-6-10-22(20)23/h3-10,17-18,23-24H,11-16H2,1-2H3,(H,28,33)(H,30,31)/t17-,18-,24?/m1/s1. The van der Waals surface area contributed by atoms with Gasteiger partial charge in [-0.1, -0.05) is 55.5 Å². The molecule has 2 aromatic carbocycles. The van der Waals surface area contributed by atoms with Crippen LogP contribution in [0, 0.1) is 11.8 Å². The van der Waals surface area contributed by atoms with Crippen LogP contribution in [0.1, 0.15) is 36.8 Å². The second kappa shape index (κ2) is 11.2. The highest BCUT2D eigenvalue weighted by atomic mass is 32.2. The summed E-state index contributed by atoms with van der Waals surface area (Å²) in [5, 5.41) is 11.9. The maximum absolute atomic E-state index is 13.3. The van der Waals surface area contributed by atoms with Gasteiger partial charge in [0.05, 0.1) is 6.42 Å². The van der Waals surface area contributed by atoms with Gasteiger partial charge in [-0.15, -0.1) is 0 Å². The van der Waals surface area contributed by atoms with Gasteiger partial charge >= 0.3 is 12.1 Å². The van der Waals surface area contributed by atoms with E-state index in [1.807, 2.05) is 37.4 Å². The number of fused-ring (bicyclic) bond motifs is 3. The fourth-order valence-corrected chi connectivity index (χ4v) is 5.67. The van der Waals surface area contributed by atoms with Crippen LogP contribution in [0.25, 0.3) is 11.1 Å². The number of hydrogen-bond donors (Lipinski definition) is 2. The summed E-state index contributed by atoms with van der Waals surface area (Å²) in [6.07, 6.45) is 1.87. The average molecular weight is 497 g/mol. The number of amides is 2. The number of thioether (sulfide) groups is 1. The van der Waals surface area contributed by atoms with Gasteiger partial charge in [-0.25, -0.2) is 4.79 Å². The van der Waals surface area contributed by atoms with Crippen LogP contribution >= 0.6 is 11.8 Å². The van der Waals surface area contributed by atoms with Crippen LogP contribution in [0.15, 0.2) is 48.5 Å². The molecule has 1 unspecified atom stereocenters. The molecule has 0 bridgehead atoms. The number of rotatable bonds is 9. The third kappa shape index (κ3) is 5.64. The molecule has 0 spiro atoms. The molecule has 0 aromatic heterocycles. The van der Waals surface area contributed by atoms with Gasteiger partial charge < -0.3 is 20.1 Å². The molecule has 35 heavy (non-hydrogen) atoms. The van der Waals surface area contributed by atoms with Crippen LogP contribution in [-0.2, 0) is 14.3 Å². The van der Waals surface area contributed by atoms with E-state index in [0.29, 0.717) is 25.3 Å². The number of hydrogen-bond acceptors (Lipinski definition) is 5. The molecule has 0 radical (unpaired) electrons. The van der Waals surface area contributed by atoms with E-state index in [0.717, 1.165) is 22.3 Å². The lowest BCUT2D eigenvalue weighted by atomic mass is 9.95. The summed E-state index contributed by atoms with van der Waals surface area (Å²) >= 11 is 1.60. The Morgan fingerprint density at radius 1 is 1.09 bits per heavy atom.